The Morgan fingerprint density at radius 1 is 0.644 bits per heavy atom. The van der Waals surface area contributed by atoms with E-state index in [4.69, 9.17) is 28.4 Å². The third-order valence-electron chi connectivity index (χ3n) is 8.22. The van der Waals surface area contributed by atoms with Crippen molar-refractivity contribution in [2.75, 3.05) is 33.5 Å². The second kappa shape index (κ2) is 19.0. The molecule has 264 valence electrons. The van der Waals surface area contributed by atoms with Crippen molar-refractivity contribution in [1.82, 2.24) is 0 Å². The van der Waals surface area contributed by atoms with Gasteiger partial charge < -0.3 is 79.1 Å². The highest BCUT2D eigenvalue weighted by Gasteiger charge is 2.53. The third-order valence-corrected chi connectivity index (χ3v) is 8.22. The number of carbonyl (C=O) groups is 1. The van der Waals surface area contributed by atoms with Gasteiger partial charge in [-0.05, 0) is 12.8 Å². The minimum atomic E-state index is -1.81. The summed E-state index contributed by atoms with van der Waals surface area (Å²) in [6.45, 7) is -1.77. The summed E-state index contributed by atoms with van der Waals surface area (Å²) in [6, 6.07) is 0. The molecule has 3 fully saturated rings. The smallest absolute Gasteiger partial charge is 0.305 e. The number of hydrogen-bond acceptors (Lipinski definition) is 17. The Kier molecular flexibility index (Phi) is 16.2. The van der Waals surface area contributed by atoms with E-state index in [2.05, 4.69) is 4.74 Å². The number of rotatable bonds is 17. The molecule has 0 radical (unpaired) electrons. The molecule has 3 rings (SSSR count). The van der Waals surface area contributed by atoms with E-state index in [0.29, 0.717) is 12.8 Å². The van der Waals surface area contributed by atoms with Crippen LogP contribution in [0.2, 0.25) is 0 Å². The fourth-order valence-corrected chi connectivity index (χ4v) is 5.50. The van der Waals surface area contributed by atoms with Gasteiger partial charge in [-0.1, -0.05) is 25.7 Å². The zero-order valence-corrected chi connectivity index (χ0v) is 25.4. The van der Waals surface area contributed by atoms with Gasteiger partial charge in [0.15, 0.2) is 18.9 Å². The average molecular weight is 659 g/mol. The fraction of sp³-hybridized carbons (Fsp3) is 0.964. The lowest BCUT2D eigenvalue weighted by Gasteiger charge is -2.48. The molecule has 17 nitrogen and oxygen atoms in total. The van der Waals surface area contributed by atoms with Gasteiger partial charge in [0.2, 0.25) is 0 Å². The maximum absolute atomic E-state index is 11.2. The number of esters is 1. The Hall–Kier alpha value is -1.13. The van der Waals surface area contributed by atoms with Crippen molar-refractivity contribution in [1.29, 1.82) is 0 Å². The van der Waals surface area contributed by atoms with E-state index in [9.17, 15) is 50.8 Å². The average Bonchev–Trinajstić information content (AvgIpc) is 3.03. The van der Waals surface area contributed by atoms with Gasteiger partial charge in [-0.3, -0.25) is 4.79 Å². The van der Waals surface area contributed by atoms with Gasteiger partial charge in [0.05, 0.1) is 39.1 Å². The van der Waals surface area contributed by atoms with E-state index >= 15 is 0 Å². The molecule has 0 aromatic heterocycles. The number of aliphatic hydroxyl groups excluding tert-OH is 9. The minimum absolute atomic E-state index is 0.0994. The van der Waals surface area contributed by atoms with Crippen LogP contribution in [0.15, 0.2) is 0 Å². The Morgan fingerprint density at radius 2 is 1.24 bits per heavy atom. The minimum Gasteiger partial charge on any atom is -0.469 e. The molecule has 14 atom stereocenters. The topological polar surface area (TPSA) is 264 Å². The Bertz CT molecular complexity index is 852. The highest BCUT2D eigenvalue weighted by molar-refractivity contribution is 5.68. The lowest BCUT2D eigenvalue weighted by atomic mass is 9.96. The van der Waals surface area contributed by atoms with Crippen LogP contribution in [0.5, 0.6) is 0 Å². The summed E-state index contributed by atoms with van der Waals surface area (Å²) in [5.74, 6) is -0.240. The Morgan fingerprint density at radius 3 is 1.89 bits per heavy atom. The Labute approximate surface area is 261 Å². The standard InChI is InChI=1S/C28H50O17/c1-39-18(33)8-6-4-2-3-5-7-9-40-26-23(38)24(21(36)17(13-31)42-26)44-28-25(22(37)20(35)16(12-30)43-28)45-27-19(34)15(32)10-14(11-29)41-27/h14-17,19-32,34-38H,2-13H2,1H3/t14-,15-,16+,17+,19+,20+,21+,22-,23+,24-,25+,26-,27-,28-/m0/s1. The molecule has 0 aromatic carbocycles. The molecule has 0 bridgehead atoms. The lowest BCUT2D eigenvalue weighted by Crippen LogP contribution is -2.66. The molecule has 0 aromatic rings. The van der Waals surface area contributed by atoms with Crippen LogP contribution < -0.4 is 0 Å². The van der Waals surface area contributed by atoms with Gasteiger partial charge in [0.25, 0.3) is 0 Å². The number of methoxy groups -OCH3 is 1. The molecule has 3 aliphatic rings. The van der Waals surface area contributed by atoms with Gasteiger partial charge in [-0.15, -0.1) is 0 Å². The summed E-state index contributed by atoms with van der Waals surface area (Å²) in [5, 5.41) is 92.9. The summed E-state index contributed by atoms with van der Waals surface area (Å²) in [7, 11) is 1.35. The van der Waals surface area contributed by atoms with Gasteiger partial charge in [-0.2, -0.15) is 0 Å². The van der Waals surface area contributed by atoms with E-state index in [0.717, 1.165) is 32.1 Å². The Balaban J connectivity index is 1.63. The highest BCUT2D eigenvalue weighted by Crippen LogP contribution is 2.33. The third kappa shape index (κ3) is 10.4. The molecule has 45 heavy (non-hydrogen) atoms. The maximum atomic E-state index is 11.2. The van der Waals surface area contributed by atoms with E-state index in [-0.39, 0.29) is 19.0 Å². The number of ether oxygens (including phenoxy) is 7. The zero-order valence-electron chi connectivity index (χ0n) is 25.4. The molecule has 0 aliphatic carbocycles. The summed E-state index contributed by atoms with van der Waals surface area (Å²) >= 11 is 0. The molecule has 3 heterocycles. The number of hydrogen-bond donors (Lipinski definition) is 9. The predicted molar refractivity (Wildman–Crippen MR) is 148 cm³/mol. The molecular formula is C28H50O17. The normalized spacial score (nSPS) is 40.8. The quantitative estimate of drug-likeness (QED) is 0.0539. The first-order valence-corrected chi connectivity index (χ1v) is 15.4. The first kappa shape index (κ1) is 38.3. The first-order valence-electron chi connectivity index (χ1n) is 15.4. The van der Waals surface area contributed by atoms with Crippen LogP contribution in [0.3, 0.4) is 0 Å². The van der Waals surface area contributed by atoms with Crippen LogP contribution in [-0.2, 0) is 38.0 Å². The van der Waals surface area contributed by atoms with Crippen molar-refractivity contribution < 1.29 is 83.9 Å². The van der Waals surface area contributed by atoms with Crippen LogP contribution in [0.1, 0.15) is 51.4 Å². The maximum Gasteiger partial charge on any atom is 0.305 e. The molecule has 9 N–H and O–H groups in total. The lowest BCUT2D eigenvalue weighted by molar-refractivity contribution is -0.385. The van der Waals surface area contributed by atoms with Crippen LogP contribution >= 0.6 is 0 Å². The number of carbonyl (C=O) groups excluding carboxylic acids is 1. The van der Waals surface area contributed by atoms with Crippen molar-refractivity contribution in [3.05, 3.63) is 0 Å². The van der Waals surface area contributed by atoms with Gasteiger partial charge >= 0.3 is 5.97 Å². The van der Waals surface area contributed by atoms with E-state index < -0.39 is 106 Å². The SMILES string of the molecule is COC(=O)CCCCCCCCO[C@H]1O[C@H](CO)[C@@H](O)[C@H](O[C@@H]2O[C@H](CO)[C@@H](O)[C@H](O)[C@H]2O[C@@H]2O[C@H](CO)C[C@H](O)[C@H]2O)[C@H]1O. The van der Waals surface area contributed by atoms with Crippen LogP contribution in [0.4, 0.5) is 0 Å². The summed E-state index contributed by atoms with van der Waals surface area (Å²) in [5.41, 5.74) is 0. The number of aliphatic hydroxyl groups is 9. The predicted octanol–water partition coefficient (Wildman–Crippen LogP) is -3.62. The van der Waals surface area contributed by atoms with Crippen molar-refractivity contribution in [2.24, 2.45) is 0 Å². The molecule has 3 aliphatic heterocycles. The van der Waals surface area contributed by atoms with Gasteiger partial charge in [0.1, 0.15) is 54.9 Å². The molecule has 17 heteroatoms. The first-order chi connectivity index (χ1) is 21.6. The molecule has 3 saturated heterocycles. The summed E-state index contributed by atoms with van der Waals surface area (Å²) in [4.78, 5) is 11.2. The molecule has 0 spiro atoms. The van der Waals surface area contributed by atoms with Crippen LogP contribution in [0, 0.1) is 0 Å². The fourth-order valence-electron chi connectivity index (χ4n) is 5.50. The van der Waals surface area contributed by atoms with Crippen molar-refractivity contribution in [3.63, 3.8) is 0 Å². The second-order valence-corrected chi connectivity index (χ2v) is 11.5. The van der Waals surface area contributed by atoms with Crippen LogP contribution in [0.25, 0.3) is 0 Å². The molecule has 0 amide bonds. The summed E-state index contributed by atoms with van der Waals surface area (Å²) in [6.07, 6.45) is -16.1. The monoisotopic (exact) mass is 658 g/mol. The molecular weight excluding hydrogens is 608 g/mol. The largest absolute Gasteiger partial charge is 0.469 e. The number of unbranched alkanes of at least 4 members (excludes halogenated alkanes) is 5. The molecule has 0 unspecified atom stereocenters. The van der Waals surface area contributed by atoms with E-state index in [1.165, 1.54) is 7.11 Å². The van der Waals surface area contributed by atoms with Crippen molar-refractivity contribution in [2.45, 2.75) is 137 Å². The van der Waals surface area contributed by atoms with Crippen molar-refractivity contribution >= 4 is 5.97 Å². The van der Waals surface area contributed by atoms with Gasteiger partial charge in [-0.25, -0.2) is 0 Å². The molecule has 0 saturated carbocycles. The van der Waals surface area contributed by atoms with E-state index in [1.807, 2.05) is 0 Å². The van der Waals surface area contributed by atoms with Crippen molar-refractivity contribution in [3.8, 4) is 0 Å². The summed E-state index contributed by atoms with van der Waals surface area (Å²) < 4.78 is 38.5. The van der Waals surface area contributed by atoms with E-state index in [1.54, 1.807) is 0 Å². The van der Waals surface area contributed by atoms with Gasteiger partial charge in [0, 0.05) is 19.4 Å². The van der Waals surface area contributed by atoms with Crippen LogP contribution in [-0.4, -0.2) is 171 Å². The second-order valence-electron chi connectivity index (χ2n) is 11.5. The highest BCUT2D eigenvalue weighted by atomic mass is 16.8. The zero-order chi connectivity index (χ0) is 33.1.